The molecule has 0 saturated carbocycles. The van der Waals surface area contributed by atoms with Crippen LogP contribution in [-0.2, 0) is 50.9 Å². The smallest absolute Gasteiger partial charge is 0.317 e. The molecule has 0 bridgehead atoms. The van der Waals surface area contributed by atoms with E-state index in [1.54, 1.807) is 26.0 Å². The molecule has 4 aliphatic rings. The number of hydrogen-bond donors (Lipinski definition) is 0. The maximum Gasteiger partial charge on any atom is 0.317 e. The van der Waals surface area contributed by atoms with Gasteiger partial charge >= 0.3 is 5.97 Å². The van der Waals surface area contributed by atoms with E-state index in [1.165, 1.54) is 36.4 Å². The summed E-state index contributed by atoms with van der Waals surface area (Å²) < 4.78 is 56.9. The van der Waals surface area contributed by atoms with Crippen LogP contribution in [0.4, 0.5) is 8.78 Å². The number of halogens is 2. The van der Waals surface area contributed by atoms with Gasteiger partial charge in [0.1, 0.15) is 46.9 Å². The average Bonchev–Trinajstić information content (AvgIpc) is 3.77. The standard InChI is InChI=1S/C22H22FNO5.C21H22FNO3/c1-4-5-27-21(26)17-10-22(20(9-19(17)25)28-12-29-22)14(3)7-15-8-16(11-24)13(2)6-18(15)23;1-4-5-15-10-21(20(9-19(15)24)25-12-26-21)14(3)7-16-8-17(11-23)13(2)6-18(16)22/h4,6,8-9,14,17H,1,5,7,10,12H2,2-3H3;4,6,8-9,14-15H,1,5,7,10,12H2,2-3H3/t14-,17+,22+;14-,15-,21+/m00/s1. The molecule has 6 atom stereocenters. The highest BCUT2D eigenvalue weighted by Crippen LogP contribution is 2.47. The van der Waals surface area contributed by atoms with Crippen LogP contribution in [0.1, 0.15) is 66.5 Å². The first-order chi connectivity index (χ1) is 26.2. The molecule has 0 spiro atoms. The van der Waals surface area contributed by atoms with Gasteiger partial charge in [0.15, 0.2) is 25.2 Å². The highest BCUT2D eigenvalue weighted by Gasteiger charge is 2.54. The molecule has 2 fully saturated rings. The van der Waals surface area contributed by atoms with Crippen molar-refractivity contribution in [1.29, 1.82) is 10.5 Å². The zero-order chi connectivity index (χ0) is 40.1. The summed E-state index contributed by atoms with van der Waals surface area (Å²) in [5, 5.41) is 18.5. The lowest BCUT2D eigenvalue weighted by Crippen LogP contribution is -2.47. The first-order valence-electron chi connectivity index (χ1n) is 18.1. The van der Waals surface area contributed by atoms with E-state index in [2.05, 4.69) is 25.3 Å². The number of nitrogens with zero attached hydrogens (tertiary/aromatic N) is 2. The Hall–Kier alpha value is -5.43. The molecule has 2 aromatic rings. The summed E-state index contributed by atoms with van der Waals surface area (Å²) in [6.07, 6.45) is 7.68. The molecule has 0 amide bonds. The van der Waals surface area contributed by atoms with Gasteiger partial charge in [-0.25, -0.2) is 8.78 Å². The Bertz CT molecular complexity index is 2040. The van der Waals surface area contributed by atoms with E-state index < -0.39 is 34.7 Å². The molecule has 0 unspecified atom stereocenters. The van der Waals surface area contributed by atoms with E-state index in [4.69, 9.17) is 23.7 Å². The number of fused-ring (bicyclic) bond motifs is 2. The van der Waals surface area contributed by atoms with E-state index >= 15 is 0 Å². The Labute approximate surface area is 319 Å². The summed E-state index contributed by atoms with van der Waals surface area (Å²) in [6, 6.07) is 10.0. The summed E-state index contributed by atoms with van der Waals surface area (Å²) in [6.45, 7) is 14.5. The van der Waals surface area contributed by atoms with Crippen LogP contribution in [0.2, 0.25) is 0 Å². The molecule has 0 radical (unpaired) electrons. The third-order valence-corrected chi connectivity index (χ3v) is 11.0. The third-order valence-electron chi connectivity index (χ3n) is 11.0. The molecule has 55 heavy (non-hydrogen) atoms. The lowest BCUT2D eigenvalue weighted by Gasteiger charge is -2.38. The number of nitriles is 2. The van der Waals surface area contributed by atoms with E-state index in [0.29, 0.717) is 64.2 Å². The molecule has 2 aromatic carbocycles. The van der Waals surface area contributed by atoms with Gasteiger partial charge in [0, 0.05) is 24.5 Å². The third kappa shape index (κ3) is 8.17. The fourth-order valence-electron chi connectivity index (χ4n) is 7.77. The molecule has 0 N–H and O–H groups in total. The Kier molecular flexibility index (Phi) is 12.5. The maximum atomic E-state index is 14.5. The molecular weight excluding hydrogens is 710 g/mol. The summed E-state index contributed by atoms with van der Waals surface area (Å²) in [5.74, 6) is -2.61. The molecule has 2 aliphatic carbocycles. The second-order valence-electron chi connectivity index (χ2n) is 14.5. The largest absolute Gasteiger partial charge is 0.469 e. The molecule has 2 aliphatic heterocycles. The van der Waals surface area contributed by atoms with Crippen molar-refractivity contribution in [2.45, 2.75) is 71.0 Å². The van der Waals surface area contributed by atoms with E-state index in [0.717, 1.165) is 0 Å². The van der Waals surface area contributed by atoms with Gasteiger partial charge in [-0.1, -0.05) is 32.6 Å². The van der Waals surface area contributed by atoms with Crippen LogP contribution in [0.25, 0.3) is 0 Å². The van der Waals surface area contributed by atoms with Crippen molar-refractivity contribution in [2.75, 3.05) is 20.2 Å². The van der Waals surface area contributed by atoms with Gasteiger partial charge in [0.2, 0.25) is 0 Å². The molecular formula is C43H44F2N2O8. The lowest BCUT2D eigenvalue weighted by molar-refractivity contribution is -0.154. The number of carbonyl (C=O) groups is 3. The number of aryl methyl sites for hydroxylation is 2. The quantitative estimate of drug-likeness (QED) is 0.132. The molecule has 10 nitrogen and oxygen atoms in total. The summed E-state index contributed by atoms with van der Waals surface area (Å²) in [4.78, 5) is 37.0. The fourth-order valence-corrected chi connectivity index (χ4v) is 7.77. The molecule has 2 saturated heterocycles. The number of esters is 1. The SMILES string of the molecule is C=CCOC(=O)[C@@H]1C[C@]2([C@@H](C)Cc3cc(C#N)c(C)cc3F)OCOC2=CC1=O.C=CC[C@H]1C[C@]2([C@@H](C)Cc3cc(C#N)c(C)cc3F)OCOC2=CC1=O. The zero-order valence-corrected chi connectivity index (χ0v) is 31.4. The first kappa shape index (κ1) is 40.7. The van der Waals surface area contributed by atoms with Gasteiger partial charge in [0.25, 0.3) is 0 Å². The van der Waals surface area contributed by atoms with Crippen molar-refractivity contribution >= 4 is 17.5 Å². The van der Waals surface area contributed by atoms with Gasteiger partial charge in [-0.2, -0.15) is 10.5 Å². The average molecular weight is 755 g/mol. The summed E-state index contributed by atoms with van der Waals surface area (Å²) >= 11 is 0. The number of ketones is 2. The molecule has 0 aromatic heterocycles. The zero-order valence-electron chi connectivity index (χ0n) is 31.4. The minimum absolute atomic E-state index is 0.00457. The summed E-state index contributed by atoms with van der Waals surface area (Å²) in [7, 11) is 0. The van der Waals surface area contributed by atoms with Gasteiger partial charge in [-0.15, -0.1) is 6.58 Å². The van der Waals surface area contributed by atoms with Crippen LogP contribution in [0.15, 0.2) is 73.2 Å². The Morgan fingerprint density at radius 1 is 0.855 bits per heavy atom. The van der Waals surface area contributed by atoms with Gasteiger partial charge < -0.3 is 23.7 Å². The highest BCUT2D eigenvalue weighted by atomic mass is 19.1. The van der Waals surface area contributed by atoms with Crippen LogP contribution in [0, 0.1) is 71.8 Å². The number of rotatable bonds is 11. The lowest BCUT2D eigenvalue weighted by atomic mass is 9.71. The van der Waals surface area contributed by atoms with Crippen LogP contribution >= 0.6 is 0 Å². The highest BCUT2D eigenvalue weighted by molar-refractivity contribution is 6.06. The monoisotopic (exact) mass is 754 g/mol. The van der Waals surface area contributed by atoms with E-state index in [1.807, 2.05) is 13.8 Å². The van der Waals surface area contributed by atoms with Crippen LogP contribution < -0.4 is 0 Å². The predicted molar refractivity (Wildman–Crippen MR) is 195 cm³/mol. The van der Waals surface area contributed by atoms with Gasteiger partial charge in [0.05, 0.1) is 23.3 Å². The van der Waals surface area contributed by atoms with Crippen molar-refractivity contribution in [3.05, 3.63) is 118 Å². The first-order valence-corrected chi connectivity index (χ1v) is 18.1. The normalized spacial score (nSPS) is 24.8. The molecule has 2 heterocycles. The van der Waals surface area contributed by atoms with Crippen molar-refractivity contribution < 1.29 is 46.8 Å². The molecule has 288 valence electrons. The second-order valence-corrected chi connectivity index (χ2v) is 14.5. The van der Waals surface area contributed by atoms with Crippen molar-refractivity contribution in [2.24, 2.45) is 23.7 Å². The predicted octanol–water partition coefficient (Wildman–Crippen LogP) is 7.11. The molecule has 12 heteroatoms. The Balaban J connectivity index is 0.000000212. The van der Waals surface area contributed by atoms with E-state index in [9.17, 15) is 33.7 Å². The number of ether oxygens (including phenoxy) is 5. The van der Waals surface area contributed by atoms with E-state index in [-0.39, 0.29) is 62.4 Å². The van der Waals surface area contributed by atoms with Crippen LogP contribution in [0.3, 0.4) is 0 Å². The number of hydrogen-bond acceptors (Lipinski definition) is 10. The molecule has 6 rings (SSSR count). The maximum absolute atomic E-state index is 14.5. The Morgan fingerprint density at radius 2 is 1.35 bits per heavy atom. The second kappa shape index (κ2) is 16.9. The van der Waals surface area contributed by atoms with Crippen molar-refractivity contribution in [3.63, 3.8) is 0 Å². The van der Waals surface area contributed by atoms with Crippen LogP contribution in [0.5, 0.6) is 0 Å². The van der Waals surface area contributed by atoms with Crippen LogP contribution in [-0.4, -0.2) is 48.9 Å². The van der Waals surface area contributed by atoms with Crippen molar-refractivity contribution in [1.82, 2.24) is 0 Å². The number of carbonyl (C=O) groups excluding carboxylic acids is 3. The Morgan fingerprint density at radius 3 is 1.82 bits per heavy atom. The minimum Gasteiger partial charge on any atom is -0.469 e. The topological polar surface area (TPSA) is 145 Å². The summed E-state index contributed by atoms with van der Waals surface area (Å²) in [5.41, 5.74) is 1.10. The van der Waals surface area contributed by atoms with Gasteiger partial charge in [-0.3, -0.25) is 14.4 Å². The fraction of sp³-hybridized carbons (Fsp3) is 0.419. The number of benzene rings is 2. The van der Waals surface area contributed by atoms with Crippen molar-refractivity contribution in [3.8, 4) is 12.1 Å². The minimum atomic E-state index is -1.05. The van der Waals surface area contributed by atoms with Gasteiger partial charge in [-0.05, 0) is 97.9 Å². The number of allylic oxidation sites excluding steroid dienone is 3.